The van der Waals surface area contributed by atoms with Crippen LogP contribution in [0.5, 0.6) is 0 Å². The molecule has 2 rings (SSSR count). The molecule has 4 nitrogen and oxygen atoms in total. The number of pyridine rings is 1. The Kier molecular flexibility index (Phi) is 3.10. The van der Waals surface area contributed by atoms with Gasteiger partial charge < -0.3 is 4.90 Å². The van der Waals surface area contributed by atoms with E-state index in [1.165, 1.54) is 5.56 Å². The number of rotatable bonds is 3. The maximum absolute atomic E-state index is 4.37. The van der Waals surface area contributed by atoms with E-state index in [-0.39, 0.29) is 0 Å². The smallest absolute Gasteiger partial charge is 0.132 e. The third-order valence-corrected chi connectivity index (χ3v) is 2.32. The number of nitrogens with zero attached hydrogens (tertiary/aromatic N) is 4. The van der Waals surface area contributed by atoms with Crippen molar-refractivity contribution in [3.05, 3.63) is 48.2 Å². The van der Waals surface area contributed by atoms with Crippen LogP contribution in [0, 0.1) is 6.92 Å². The highest BCUT2D eigenvalue weighted by Crippen LogP contribution is 2.11. The van der Waals surface area contributed by atoms with Gasteiger partial charge in [0.25, 0.3) is 0 Å². The third-order valence-electron chi connectivity index (χ3n) is 2.32. The number of anilines is 1. The van der Waals surface area contributed by atoms with Crippen LogP contribution >= 0.6 is 0 Å². The SMILES string of the molecule is Cc1nccc(N(C)Cc2ccncc2)n1. The van der Waals surface area contributed by atoms with Crippen molar-refractivity contribution < 1.29 is 0 Å². The summed E-state index contributed by atoms with van der Waals surface area (Å²) in [6.07, 6.45) is 5.38. The molecule has 0 aliphatic rings. The molecule has 0 aromatic carbocycles. The van der Waals surface area contributed by atoms with Gasteiger partial charge in [-0.05, 0) is 30.7 Å². The van der Waals surface area contributed by atoms with Crippen LogP contribution in [0.4, 0.5) is 5.82 Å². The van der Waals surface area contributed by atoms with Crippen LogP contribution < -0.4 is 4.90 Å². The molecule has 0 spiro atoms. The van der Waals surface area contributed by atoms with E-state index in [2.05, 4.69) is 19.9 Å². The van der Waals surface area contributed by atoms with Gasteiger partial charge in [0.2, 0.25) is 0 Å². The third kappa shape index (κ3) is 2.53. The van der Waals surface area contributed by atoms with Crippen molar-refractivity contribution >= 4 is 5.82 Å². The van der Waals surface area contributed by atoms with Gasteiger partial charge in [-0.25, -0.2) is 9.97 Å². The Morgan fingerprint density at radius 3 is 2.56 bits per heavy atom. The molecule has 0 aliphatic carbocycles. The minimum Gasteiger partial charge on any atom is -0.355 e. The van der Waals surface area contributed by atoms with Crippen molar-refractivity contribution in [2.45, 2.75) is 13.5 Å². The molecule has 16 heavy (non-hydrogen) atoms. The van der Waals surface area contributed by atoms with Crippen molar-refractivity contribution in [1.29, 1.82) is 0 Å². The molecule has 0 aliphatic heterocycles. The second-order valence-electron chi connectivity index (χ2n) is 3.67. The Morgan fingerprint density at radius 1 is 1.12 bits per heavy atom. The van der Waals surface area contributed by atoms with E-state index in [0.717, 1.165) is 18.2 Å². The first-order valence-electron chi connectivity index (χ1n) is 5.15. The summed E-state index contributed by atoms with van der Waals surface area (Å²) in [5, 5.41) is 0. The molecule has 0 atom stereocenters. The highest BCUT2D eigenvalue weighted by atomic mass is 15.2. The van der Waals surface area contributed by atoms with E-state index >= 15 is 0 Å². The first-order valence-corrected chi connectivity index (χ1v) is 5.15. The Labute approximate surface area is 95.0 Å². The number of aryl methyl sites for hydroxylation is 1. The normalized spacial score (nSPS) is 10.1. The monoisotopic (exact) mass is 214 g/mol. The predicted molar refractivity (Wildman–Crippen MR) is 63.1 cm³/mol. The molecular weight excluding hydrogens is 200 g/mol. The van der Waals surface area contributed by atoms with Gasteiger partial charge in [-0.1, -0.05) is 0 Å². The lowest BCUT2D eigenvalue weighted by Crippen LogP contribution is -2.18. The van der Waals surface area contributed by atoms with E-state index < -0.39 is 0 Å². The Balaban J connectivity index is 2.12. The zero-order valence-corrected chi connectivity index (χ0v) is 9.46. The topological polar surface area (TPSA) is 41.9 Å². The first-order chi connectivity index (χ1) is 7.75. The van der Waals surface area contributed by atoms with Crippen LogP contribution in [0.3, 0.4) is 0 Å². The lowest BCUT2D eigenvalue weighted by Gasteiger charge is -2.18. The van der Waals surface area contributed by atoms with E-state index in [9.17, 15) is 0 Å². The second-order valence-corrected chi connectivity index (χ2v) is 3.67. The molecule has 0 unspecified atom stereocenters. The summed E-state index contributed by atoms with van der Waals surface area (Å²) in [5.41, 5.74) is 1.22. The van der Waals surface area contributed by atoms with Gasteiger partial charge in [-0.3, -0.25) is 4.98 Å². The largest absolute Gasteiger partial charge is 0.355 e. The summed E-state index contributed by atoms with van der Waals surface area (Å²) >= 11 is 0. The van der Waals surface area contributed by atoms with Crippen LogP contribution in [0.25, 0.3) is 0 Å². The van der Waals surface area contributed by atoms with Crippen molar-refractivity contribution in [3.8, 4) is 0 Å². The van der Waals surface area contributed by atoms with Crippen LogP contribution in [0.15, 0.2) is 36.8 Å². The molecule has 0 fully saturated rings. The van der Waals surface area contributed by atoms with E-state index in [1.807, 2.05) is 32.2 Å². The van der Waals surface area contributed by atoms with Gasteiger partial charge in [0.05, 0.1) is 0 Å². The fraction of sp³-hybridized carbons (Fsp3) is 0.250. The van der Waals surface area contributed by atoms with Crippen LogP contribution in [0.2, 0.25) is 0 Å². The zero-order valence-electron chi connectivity index (χ0n) is 9.46. The Morgan fingerprint density at radius 2 is 1.88 bits per heavy atom. The minimum absolute atomic E-state index is 0.791. The molecular formula is C12H14N4. The van der Waals surface area contributed by atoms with E-state index in [4.69, 9.17) is 0 Å². The van der Waals surface area contributed by atoms with Gasteiger partial charge in [0.1, 0.15) is 11.6 Å². The molecule has 0 bridgehead atoms. The fourth-order valence-corrected chi connectivity index (χ4v) is 1.50. The minimum atomic E-state index is 0.791. The number of hydrogen-bond donors (Lipinski definition) is 0. The highest BCUT2D eigenvalue weighted by Gasteiger charge is 2.03. The van der Waals surface area contributed by atoms with E-state index in [0.29, 0.717) is 0 Å². The summed E-state index contributed by atoms with van der Waals surface area (Å²) in [4.78, 5) is 14.5. The second kappa shape index (κ2) is 4.70. The Bertz CT molecular complexity index is 456. The quantitative estimate of drug-likeness (QED) is 0.781. The average molecular weight is 214 g/mol. The maximum Gasteiger partial charge on any atom is 0.132 e. The summed E-state index contributed by atoms with van der Waals surface area (Å²) in [6.45, 7) is 2.71. The van der Waals surface area contributed by atoms with Crippen LogP contribution in [-0.2, 0) is 6.54 Å². The lowest BCUT2D eigenvalue weighted by atomic mass is 10.2. The van der Waals surface area contributed by atoms with Crippen molar-refractivity contribution in [3.63, 3.8) is 0 Å². The Hall–Kier alpha value is -1.97. The van der Waals surface area contributed by atoms with Gasteiger partial charge >= 0.3 is 0 Å². The van der Waals surface area contributed by atoms with Crippen molar-refractivity contribution in [2.24, 2.45) is 0 Å². The molecule has 0 amide bonds. The standard InChI is InChI=1S/C12H14N4/c1-10-14-8-5-12(15-10)16(2)9-11-3-6-13-7-4-11/h3-8H,9H2,1-2H3. The maximum atomic E-state index is 4.37. The lowest BCUT2D eigenvalue weighted by molar-refractivity contribution is 0.877. The van der Waals surface area contributed by atoms with Gasteiger partial charge in [0.15, 0.2) is 0 Å². The molecule has 2 aromatic heterocycles. The summed E-state index contributed by atoms with van der Waals surface area (Å²) in [6, 6.07) is 5.92. The van der Waals surface area contributed by atoms with Crippen LogP contribution in [-0.4, -0.2) is 22.0 Å². The molecule has 0 N–H and O–H groups in total. The van der Waals surface area contributed by atoms with Crippen molar-refractivity contribution in [2.75, 3.05) is 11.9 Å². The highest BCUT2D eigenvalue weighted by molar-refractivity contribution is 5.37. The predicted octanol–water partition coefficient (Wildman–Crippen LogP) is 1.82. The van der Waals surface area contributed by atoms with E-state index in [1.54, 1.807) is 18.6 Å². The molecule has 0 saturated carbocycles. The number of hydrogen-bond acceptors (Lipinski definition) is 4. The van der Waals surface area contributed by atoms with Crippen LogP contribution in [0.1, 0.15) is 11.4 Å². The van der Waals surface area contributed by atoms with Gasteiger partial charge in [-0.2, -0.15) is 0 Å². The summed E-state index contributed by atoms with van der Waals surface area (Å²) < 4.78 is 0. The zero-order chi connectivity index (χ0) is 11.4. The molecule has 0 saturated heterocycles. The summed E-state index contributed by atoms with van der Waals surface area (Å²) in [5.74, 6) is 1.73. The first kappa shape index (κ1) is 10.5. The van der Waals surface area contributed by atoms with Crippen molar-refractivity contribution in [1.82, 2.24) is 15.0 Å². The molecule has 2 aromatic rings. The molecule has 82 valence electrons. The average Bonchev–Trinajstić information content (AvgIpc) is 2.30. The van der Waals surface area contributed by atoms with Gasteiger partial charge in [0, 0.05) is 32.2 Å². The summed E-state index contributed by atoms with van der Waals surface area (Å²) in [7, 11) is 2.02. The molecule has 2 heterocycles. The molecule has 0 radical (unpaired) electrons. The number of aromatic nitrogens is 3. The van der Waals surface area contributed by atoms with Gasteiger partial charge in [-0.15, -0.1) is 0 Å². The molecule has 4 heteroatoms. The fourth-order valence-electron chi connectivity index (χ4n) is 1.50.